The zero-order chi connectivity index (χ0) is 19.0. The molecule has 0 saturated carbocycles. The second-order valence-electron chi connectivity index (χ2n) is 7.07. The summed E-state index contributed by atoms with van der Waals surface area (Å²) >= 11 is 0. The minimum absolute atomic E-state index is 0.162. The molecule has 1 heterocycles. The van der Waals surface area contributed by atoms with Crippen molar-refractivity contribution in [1.29, 1.82) is 0 Å². The van der Waals surface area contributed by atoms with Gasteiger partial charge in [0, 0.05) is 6.54 Å². The van der Waals surface area contributed by atoms with Gasteiger partial charge < -0.3 is 9.47 Å². The zero-order valence-electron chi connectivity index (χ0n) is 16.5. The number of hydrogen-bond acceptors (Lipinski definition) is 4. The molecule has 0 N–H and O–H groups in total. The Labute approximate surface area is 159 Å². The molecule has 0 aromatic carbocycles. The van der Waals surface area contributed by atoms with Crippen molar-refractivity contribution in [3.8, 4) is 0 Å². The van der Waals surface area contributed by atoms with Gasteiger partial charge >= 0.3 is 12.1 Å². The fraction of sp³-hybridized carbons (Fsp3) is 0.810. The molecule has 0 aromatic heterocycles. The molecule has 5 heteroatoms. The Morgan fingerprint density at radius 3 is 2.23 bits per heavy atom. The number of amides is 1. The van der Waals surface area contributed by atoms with Gasteiger partial charge in [-0.25, -0.2) is 9.59 Å². The van der Waals surface area contributed by atoms with Gasteiger partial charge in [0.25, 0.3) is 0 Å². The van der Waals surface area contributed by atoms with E-state index in [2.05, 4.69) is 13.5 Å². The Morgan fingerprint density at radius 2 is 1.62 bits per heavy atom. The average Bonchev–Trinajstić information content (AvgIpc) is 3.14. The summed E-state index contributed by atoms with van der Waals surface area (Å²) in [6.07, 6.45) is 15.0. The molecule has 0 aliphatic carbocycles. The predicted octanol–water partition coefficient (Wildman–Crippen LogP) is 5.24. The number of hydrogen-bond donors (Lipinski definition) is 0. The maximum Gasteiger partial charge on any atom is 0.410 e. The van der Waals surface area contributed by atoms with Crippen molar-refractivity contribution in [3.63, 3.8) is 0 Å². The van der Waals surface area contributed by atoms with Gasteiger partial charge in [0.1, 0.15) is 12.6 Å². The Balaban J connectivity index is 2.05. The Hall–Kier alpha value is -1.52. The number of ether oxygens (including phenoxy) is 2. The second kappa shape index (κ2) is 14.6. The second-order valence-corrected chi connectivity index (χ2v) is 7.07. The molecule has 150 valence electrons. The first-order valence-electron chi connectivity index (χ1n) is 10.4. The van der Waals surface area contributed by atoms with Gasteiger partial charge in [0.05, 0.1) is 6.61 Å². The van der Waals surface area contributed by atoms with Crippen LogP contribution in [0.3, 0.4) is 0 Å². The molecule has 0 aromatic rings. The number of carbonyl (C=O) groups is 2. The number of nitrogens with zero attached hydrogens (tertiary/aromatic N) is 1. The van der Waals surface area contributed by atoms with Crippen molar-refractivity contribution in [2.45, 2.75) is 90.0 Å². The molecule has 0 radical (unpaired) electrons. The molecule has 26 heavy (non-hydrogen) atoms. The van der Waals surface area contributed by atoms with E-state index in [0.29, 0.717) is 19.6 Å². The molecule has 1 rings (SSSR count). The first kappa shape index (κ1) is 22.5. The lowest BCUT2D eigenvalue weighted by Crippen LogP contribution is -2.41. The maximum absolute atomic E-state index is 12.2. The lowest BCUT2D eigenvalue weighted by atomic mass is 10.1. The number of carbonyl (C=O) groups excluding carboxylic acids is 2. The van der Waals surface area contributed by atoms with Crippen molar-refractivity contribution < 1.29 is 19.1 Å². The molecule has 5 nitrogen and oxygen atoms in total. The summed E-state index contributed by atoms with van der Waals surface area (Å²) in [5.41, 5.74) is 0. The molecule has 1 amide bonds. The topological polar surface area (TPSA) is 55.8 Å². The van der Waals surface area contributed by atoms with Gasteiger partial charge in [-0.05, 0) is 19.3 Å². The van der Waals surface area contributed by atoms with Crippen molar-refractivity contribution in [2.75, 3.05) is 19.8 Å². The van der Waals surface area contributed by atoms with Crippen LogP contribution in [-0.4, -0.2) is 42.8 Å². The summed E-state index contributed by atoms with van der Waals surface area (Å²) in [6.45, 7) is 6.92. The molecule has 0 spiro atoms. The third-order valence-electron chi connectivity index (χ3n) is 4.83. The highest BCUT2D eigenvalue weighted by atomic mass is 16.6. The van der Waals surface area contributed by atoms with Crippen molar-refractivity contribution in [2.24, 2.45) is 0 Å². The van der Waals surface area contributed by atoms with Crippen LogP contribution >= 0.6 is 0 Å². The number of esters is 1. The summed E-state index contributed by atoms with van der Waals surface area (Å²) in [7, 11) is 0. The molecule has 1 fully saturated rings. The molecular weight excluding hydrogens is 330 g/mol. The van der Waals surface area contributed by atoms with Gasteiger partial charge in [-0.1, -0.05) is 77.4 Å². The molecule has 1 saturated heterocycles. The van der Waals surface area contributed by atoms with Crippen LogP contribution in [0.2, 0.25) is 0 Å². The zero-order valence-corrected chi connectivity index (χ0v) is 16.5. The Bertz CT molecular complexity index is 411. The van der Waals surface area contributed by atoms with Crippen LogP contribution in [0, 0.1) is 0 Å². The van der Waals surface area contributed by atoms with Gasteiger partial charge in [-0.2, -0.15) is 0 Å². The van der Waals surface area contributed by atoms with E-state index < -0.39 is 12.1 Å². The summed E-state index contributed by atoms with van der Waals surface area (Å²) < 4.78 is 10.4. The van der Waals surface area contributed by atoms with E-state index >= 15 is 0 Å². The van der Waals surface area contributed by atoms with E-state index in [0.717, 1.165) is 19.3 Å². The standard InChI is InChI=1S/C21H37NO4/c1-3-5-6-7-8-9-10-11-12-13-18-25-20(23)19-15-14-16-22(19)21(24)26-17-4-2/h4,19H,2-3,5-18H2,1H3. The third kappa shape index (κ3) is 9.25. The van der Waals surface area contributed by atoms with E-state index in [1.807, 2.05) is 0 Å². The first-order chi connectivity index (χ1) is 12.7. The van der Waals surface area contributed by atoms with Crippen molar-refractivity contribution >= 4 is 12.1 Å². The number of unbranched alkanes of at least 4 members (excludes halogenated alkanes) is 9. The average molecular weight is 368 g/mol. The van der Waals surface area contributed by atoms with Crippen LogP contribution in [-0.2, 0) is 14.3 Å². The molecule has 1 atom stereocenters. The van der Waals surface area contributed by atoms with E-state index in [1.54, 1.807) is 0 Å². The van der Waals surface area contributed by atoms with E-state index in [9.17, 15) is 9.59 Å². The van der Waals surface area contributed by atoms with Gasteiger partial charge in [-0.15, -0.1) is 0 Å². The fourth-order valence-corrected chi connectivity index (χ4v) is 3.30. The Morgan fingerprint density at radius 1 is 1.00 bits per heavy atom. The Kier molecular flexibility index (Phi) is 12.7. The monoisotopic (exact) mass is 367 g/mol. The van der Waals surface area contributed by atoms with Gasteiger partial charge in [0.15, 0.2) is 0 Å². The first-order valence-corrected chi connectivity index (χ1v) is 10.4. The SMILES string of the molecule is C=CCOC(=O)N1CCCC1C(=O)OCCCCCCCCCCCC. The predicted molar refractivity (Wildman–Crippen MR) is 104 cm³/mol. The smallest absolute Gasteiger partial charge is 0.410 e. The van der Waals surface area contributed by atoms with Crippen molar-refractivity contribution in [3.05, 3.63) is 12.7 Å². The summed E-state index contributed by atoms with van der Waals surface area (Å²) in [4.78, 5) is 25.6. The largest absolute Gasteiger partial charge is 0.464 e. The number of likely N-dealkylation sites (tertiary alicyclic amines) is 1. The van der Waals surface area contributed by atoms with E-state index in [4.69, 9.17) is 9.47 Å². The van der Waals surface area contributed by atoms with E-state index in [-0.39, 0.29) is 12.6 Å². The third-order valence-corrected chi connectivity index (χ3v) is 4.83. The minimum Gasteiger partial charge on any atom is -0.464 e. The van der Waals surface area contributed by atoms with Gasteiger partial charge in [0.2, 0.25) is 0 Å². The fourth-order valence-electron chi connectivity index (χ4n) is 3.30. The lowest BCUT2D eigenvalue weighted by Gasteiger charge is -2.22. The van der Waals surface area contributed by atoms with Gasteiger partial charge in [-0.3, -0.25) is 4.90 Å². The summed E-state index contributed by atoms with van der Waals surface area (Å²) in [5, 5.41) is 0. The van der Waals surface area contributed by atoms with Crippen molar-refractivity contribution in [1.82, 2.24) is 4.90 Å². The lowest BCUT2D eigenvalue weighted by molar-refractivity contribution is -0.148. The quantitative estimate of drug-likeness (QED) is 0.239. The van der Waals surface area contributed by atoms with Crippen LogP contribution in [0.5, 0.6) is 0 Å². The highest BCUT2D eigenvalue weighted by Crippen LogP contribution is 2.20. The molecule has 1 unspecified atom stereocenters. The van der Waals surface area contributed by atoms with Crippen LogP contribution in [0.15, 0.2) is 12.7 Å². The number of rotatable bonds is 14. The normalized spacial score (nSPS) is 16.5. The molecule has 1 aliphatic heterocycles. The maximum atomic E-state index is 12.2. The highest BCUT2D eigenvalue weighted by Gasteiger charge is 2.36. The molecule has 0 bridgehead atoms. The van der Waals surface area contributed by atoms with Crippen LogP contribution in [0.1, 0.15) is 84.0 Å². The van der Waals surface area contributed by atoms with Crippen LogP contribution < -0.4 is 0 Å². The van der Waals surface area contributed by atoms with E-state index in [1.165, 1.54) is 62.3 Å². The summed E-state index contributed by atoms with van der Waals surface area (Å²) in [5.74, 6) is -0.297. The highest BCUT2D eigenvalue weighted by molar-refractivity contribution is 5.82. The van der Waals surface area contributed by atoms with Crippen LogP contribution in [0.4, 0.5) is 4.79 Å². The molecule has 1 aliphatic rings. The summed E-state index contributed by atoms with van der Waals surface area (Å²) in [6, 6.07) is -0.490. The van der Waals surface area contributed by atoms with Crippen LogP contribution in [0.25, 0.3) is 0 Å². The minimum atomic E-state index is -0.490. The molecular formula is C21H37NO4.